The van der Waals surface area contributed by atoms with Crippen LogP contribution in [0.25, 0.3) is 5.76 Å². The van der Waals surface area contributed by atoms with Gasteiger partial charge in [0.15, 0.2) is 5.78 Å². The highest BCUT2D eigenvalue weighted by Crippen LogP contribution is 2.48. The summed E-state index contributed by atoms with van der Waals surface area (Å²) < 4.78 is 0. The van der Waals surface area contributed by atoms with E-state index in [4.69, 9.17) is 23.2 Å². The van der Waals surface area contributed by atoms with Gasteiger partial charge in [0.25, 0.3) is 0 Å². The van der Waals surface area contributed by atoms with Crippen molar-refractivity contribution in [3.05, 3.63) is 111 Å². The lowest BCUT2D eigenvalue weighted by atomic mass is 9.73. The molecule has 0 fully saturated rings. The highest BCUT2D eigenvalue weighted by molar-refractivity contribution is 7.98. The number of ketones is 1. The largest absolute Gasteiger partial charge is 0.507 e. The number of carbonyl (C=O) groups excluding carboxylic acids is 1. The van der Waals surface area contributed by atoms with E-state index in [2.05, 4.69) is 0 Å². The fourth-order valence-corrected chi connectivity index (χ4v) is 5.62. The monoisotopic (exact) mass is 534 g/mol. The summed E-state index contributed by atoms with van der Waals surface area (Å²) in [4.78, 5) is 16.4. The second-order valence-electron chi connectivity index (χ2n) is 8.77. The molecule has 2 aliphatic rings. The van der Waals surface area contributed by atoms with Gasteiger partial charge in [-0.15, -0.1) is 11.8 Å². The molecule has 3 aromatic rings. The van der Waals surface area contributed by atoms with Gasteiger partial charge in [-0.25, -0.2) is 0 Å². The predicted molar refractivity (Wildman–Crippen MR) is 150 cm³/mol. The summed E-state index contributed by atoms with van der Waals surface area (Å²) in [5.41, 5.74) is 3.96. The third kappa shape index (κ3) is 4.47. The number of nitrogens with zero attached hydrogens (tertiary/aromatic N) is 1. The molecule has 0 bridgehead atoms. The number of nitrogens with one attached hydrogen (secondary N) is 1. The van der Waals surface area contributed by atoms with Crippen molar-refractivity contribution < 1.29 is 9.90 Å². The lowest BCUT2D eigenvalue weighted by Crippen LogP contribution is -2.42. The number of aliphatic hydroxyl groups is 1. The van der Waals surface area contributed by atoms with Crippen LogP contribution in [0.15, 0.2) is 94.5 Å². The minimum absolute atomic E-state index is 0.0421. The lowest BCUT2D eigenvalue weighted by molar-refractivity contribution is -0.116. The van der Waals surface area contributed by atoms with Gasteiger partial charge in [0.2, 0.25) is 0 Å². The van der Waals surface area contributed by atoms with Crippen LogP contribution in [0.5, 0.6) is 0 Å². The van der Waals surface area contributed by atoms with Crippen molar-refractivity contribution in [3.63, 3.8) is 0 Å². The van der Waals surface area contributed by atoms with Crippen LogP contribution < -0.4 is 4.90 Å². The van der Waals surface area contributed by atoms with Gasteiger partial charge in [-0.2, -0.15) is 0 Å². The van der Waals surface area contributed by atoms with Crippen molar-refractivity contribution >= 4 is 58.0 Å². The average molecular weight is 535 g/mol. The molecule has 4 nitrogen and oxygen atoms in total. The van der Waals surface area contributed by atoms with Gasteiger partial charge >= 0.3 is 0 Å². The third-order valence-corrected chi connectivity index (χ3v) is 7.91. The summed E-state index contributed by atoms with van der Waals surface area (Å²) in [6, 6.07) is 22.1. The molecule has 3 aromatic carbocycles. The zero-order valence-corrected chi connectivity index (χ0v) is 21.9. The molecule has 0 aromatic heterocycles. The fourth-order valence-electron chi connectivity index (χ4n) is 4.96. The summed E-state index contributed by atoms with van der Waals surface area (Å²) in [6.45, 7) is 0. The Balaban J connectivity index is 1.80. The maximum Gasteiger partial charge on any atom is 0.161 e. The number of rotatable bonds is 4. The highest BCUT2D eigenvalue weighted by atomic mass is 35.5. The molecule has 7 heteroatoms. The molecule has 0 radical (unpaired) electrons. The fraction of sp³-hybridized carbons (Fsp3) is 0.172. The van der Waals surface area contributed by atoms with Gasteiger partial charge in [-0.05, 0) is 85.3 Å². The van der Waals surface area contributed by atoms with Crippen LogP contribution >= 0.6 is 35.0 Å². The second kappa shape index (κ2) is 10.2. The number of aliphatic hydroxyl groups excluding tert-OH is 1. The minimum atomic E-state index is -0.560. The van der Waals surface area contributed by atoms with Crippen LogP contribution in [0.4, 0.5) is 5.69 Å². The van der Waals surface area contributed by atoms with E-state index in [9.17, 15) is 15.3 Å². The predicted octanol–water partition coefficient (Wildman–Crippen LogP) is 8.27. The zero-order valence-electron chi connectivity index (χ0n) is 19.6. The van der Waals surface area contributed by atoms with Gasteiger partial charge in [0.05, 0.1) is 0 Å². The number of hydrogen-bond acceptors (Lipinski definition) is 4. The first-order valence-electron chi connectivity index (χ1n) is 11.6. The van der Waals surface area contributed by atoms with Gasteiger partial charge in [0, 0.05) is 55.4 Å². The molecule has 0 amide bonds. The Labute approximate surface area is 224 Å². The topological polar surface area (TPSA) is 64.4 Å². The molecular formula is C29H24Cl2N2O2S. The number of amidine groups is 1. The van der Waals surface area contributed by atoms with Gasteiger partial charge < -0.3 is 5.11 Å². The normalized spacial score (nSPS) is 19.4. The minimum Gasteiger partial charge on any atom is -0.507 e. The number of anilines is 1. The number of carbonyl (C=O) groups is 1. The molecular weight excluding hydrogens is 511 g/mol. The first-order valence-corrected chi connectivity index (χ1v) is 13.6. The Hall–Kier alpha value is -2.99. The Morgan fingerprint density at radius 3 is 2.17 bits per heavy atom. The van der Waals surface area contributed by atoms with Gasteiger partial charge in [0.1, 0.15) is 11.6 Å². The summed E-state index contributed by atoms with van der Waals surface area (Å²) in [5, 5.41) is 22.1. The van der Waals surface area contributed by atoms with E-state index in [1.54, 1.807) is 53.1 Å². The summed E-state index contributed by atoms with van der Waals surface area (Å²) in [5.74, 6) is -0.421. The molecule has 2 N–H and O–H groups in total. The summed E-state index contributed by atoms with van der Waals surface area (Å²) >= 11 is 13.9. The van der Waals surface area contributed by atoms with E-state index in [1.807, 2.05) is 42.7 Å². The van der Waals surface area contributed by atoms with Crippen molar-refractivity contribution in [2.45, 2.75) is 30.1 Å². The van der Waals surface area contributed by atoms with Crippen LogP contribution in [0.1, 0.15) is 36.3 Å². The average Bonchev–Trinajstić information content (AvgIpc) is 2.89. The van der Waals surface area contributed by atoms with E-state index < -0.39 is 5.92 Å². The van der Waals surface area contributed by atoms with Gasteiger partial charge in [-0.3, -0.25) is 15.1 Å². The van der Waals surface area contributed by atoms with Crippen molar-refractivity contribution in [2.24, 2.45) is 0 Å². The van der Waals surface area contributed by atoms with Crippen molar-refractivity contribution in [3.8, 4) is 0 Å². The molecule has 0 spiro atoms. The number of Topliss-reactive ketones (excluding diaryl/α,β-unsaturated/α-hetero) is 1. The van der Waals surface area contributed by atoms with E-state index in [0.717, 1.165) is 28.3 Å². The Morgan fingerprint density at radius 2 is 1.56 bits per heavy atom. The third-order valence-electron chi connectivity index (χ3n) is 6.66. The number of thioether (sulfide) groups is 1. The highest BCUT2D eigenvalue weighted by Gasteiger charge is 2.43. The molecule has 182 valence electrons. The summed E-state index contributed by atoms with van der Waals surface area (Å²) in [6.07, 6.45) is 3.84. The number of halogens is 2. The molecule has 1 heterocycles. The Bertz CT molecular complexity index is 1390. The Morgan fingerprint density at radius 1 is 0.944 bits per heavy atom. The SMILES string of the molecule is CSc1ccc(C2C3=C(CCCC3=O)N(c3ccc(Cl)cc3)C(=N)/C2=C(/O)c2ccc(Cl)cc2)cc1. The van der Waals surface area contributed by atoms with Crippen LogP contribution in [-0.2, 0) is 4.79 Å². The number of hydrogen-bond donors (Lipinski definition) is 2. The van der Waals surface area contributed by atoms with Crippen LogP contribution in [0, 0.1) is 5.41 Å². The molecule has 5 rings (SSSR count). The van der Waals surface area contributed by atoms with E-state index in [0.29, 0.717) is 39.6 Å². The van der Waals surface area contributed by atoms with Gasteiger partial charge in [-0.1, -0.05) is 35.3 Å². The molecule has 1 atom stereocenters. The molecule has 0 saturated carbocycles. The Kier molecular flexibility index (Phi) is 6.98. The number of benzene rings is 3. The van der Waals surface area contributed by atoms with Crippen molar-refractivity contribution in [1.29, 1.82) is 5.41 Å². The van der Waals surface area contributed by atoms with Crippen LogP contribution in [0.2, 0.25) is 10.0 Å². The maximum absolute atomic E-state index is 13.5. The molecule has 1 aliphatic heterocycles. The second-order valence-corrected chi connectivity index (χ2v) is 10.5. The quantitative estimate of drug-likeness (QED) is 0.261. The first-order chi connectivity index (χ1) is 17.4. The smallest absolute Gasteiger partial charge is 0.161 e. The molecule has 1 aliphatic carbocycles. The molecule has 36 heavy (non-hydrogen) atoms. The summed E-state index contributed by atoms with van der Waals surface area (Å²) in [7, 11) is 0. The standard InChI is InChI=1S/C29H24Cl2N2O2S/c1-36-22-15-7-17(8-16-22)25-26-23(3-2-4-24(26)34)33(21-13-11-20(31)12-14-21)29(32)27(25)28(35)18-5-9-19(30)10-6-18/h5-16,25,32,35H,2-4H2,1H3/b28-27+,32-29?. The van der Waals surface area contributed by atoms with Crippen LogP contribution in [-0.4, -0.2) is 23.0 Å². The molecule has 0 saturated heterocycles. The molecule has 1 unspecified atom stereocenters. The van der Waals surface area contributed by atoms with Crippen molar-refractivity contribution in [2.75, 3.05) is 11.2 Å². The van der Waals surface area contributed by atoms with E-state index in [1.165, 1.54) is 0 Å². The van der Waals surface area contributed by atoms with Crippen molar-refractivity contribution in [1.82, 2.24) is 0 Å². The van der Waals surface area contributed by atoms with E-state index >= 15 is 0 Å². The lowest BCUT2D eigenvalue weighted by Gasteiger charge is -2.41. The number of allylic oxidation sites excluding steroid dienone is 2. The van der Waals surface area contributed by atoms with Crippen LogP contribution in [0.3, 0.4) is 0 Å². The zero-order chi connectivity index (χ0) is 25.4. The van der Waals surface area contributed by atoms with E-state index in [-0.39, 0.29) is 17.4 Å². The first kappa shape index (κ1) is 24.7. The maximum atomic E-state index is 13.5.